The van der Waals surface area contributed by atoms with Gasteiger partial charge in [0.05, 0.1) is 7.11 Å². The van der Waals surface area contributed by atoms with Gasteiger partial charge in [0.2, 0.25) is 5.91 Å². The molecule has 0 saturated carbocycles. The van der Waals surface area contributed by atoms with Gasteiger partial charge in [0.1, 0.15) is 12.1 Å². The van der Waals surface area contributed by atoms with Crippen molar-refractivity contribution in [1.29, 1.82) is 0 Å². The number of nitrogens with one attached hydrogen (secondary N) is 1. The van der Waals surface area contributed by atoms with Gasteiger partial charge in [0, 0.05) is 7.11 Å². The Hall–Kier alpha value is -2.08. The predicted molar refractivity (Wildman–Crippen MR) is 64.7 cm³/mol. The lowest BCUT2D eigenvalue weighted by Gasteiger charge is -2.24. The molecule has 2 amide bonds. The van der Waals surface area contributed by atoms with Crippen LogP contribution in [0.5, 0.6) is 0 Å². The zero-order valence-corrected chi connectivity index (χ0v) is 10.3. The van der Waals surface area contributed by atoms with Gasteiger partial charge in [-0.25, -0.2) is 4.79 Å². The Bertz CT molecular complexity index is 408. The van der Waals surface area contributed by atoms with Crippen molar-refractivity contribution in [2.75, 3.05) is 14.2 Å². The van der Waals surface area contributed by atoms with E-state index in [1.54, 1.807) is 24.3 Å². The molecule has 1 aromatic rings. The Morgan fingerprint density at radius 1 is 1.22 bits per heavy atom. The van der Waals surface area contributed by atoms with E-state index in [9.17, 15) is 9.59 Å². The van der Waals surface area contributed by atoms with E-state index in [1.807, 2.05) is 6.07 Å². The van der Waals surface area contributed by atoms with Gasteiger partial charge in [0.15, 0.2) is 0 Å². The van der Waals surface area contributed by atoms with Crippen LogP contribution in [0.15, 0.2) is 30.3 Å². The molecule has 18 heavy (non-hydrogen) atoms. The first-order chi connectivity index (χ1) is 8.60. The zero-order chi connectivity index (χ0) is 13.5. The van der Waals surface area contributed by atoms with Crippen LogP contribution in [-0.2, 0) is 14.3 Å². The van der Waals surface area contributed by atoms with Crippen molar-refractivity contribution in [3.05, 3.63) is 35.9 Å². The van der Waals surface area contributed by atoms with E-state index in [-0.39, 0.29) is 0 Å². The van der Waals surface area contributed by atoms with Gasteiger partial charge in [-0.15, -0.1) is 0 Å². The zero-order valence-electron chi connectivity index (χ0n) is 10.3. The van der Waals surface area contributed by atoms with Crippen LogP contribution < -0.4 is 11.1 Å². The van der Waals surface area contributed by atoms with E-state index in [0.717, 1.165) is 5.56 Å². The smallest absolute Gasteiger partial charge is 0.407 e. The highest BCUT2D eigenvalue weighted by Crippen LogP contribution is 2.20. The van der Waals surface area contributed by atoms with E-state index >= 15 is 0 Å². The van der Waals surface area contributed by atoms with E-state index in [1.165, 1.54) is 14.2 Å². The topological polar surface area (TPSA) is 90.6 Å². The van der Waals surface area contributed by atoms with Crippen molar-refractivity contribution in [2.24, 2.45) is 5.73 Å². The third-order valence-corrected chi connectivity index (χ3v) is 2.45. The summed E-state index contributed by atoms with van der Waals surface area (Å²) < 4.78 is 9.68. The first-order valence-electron chi connectivity index (χ1n) is 5.31. The minimum Gasteiger partial charge on any atom is -0.453 e. The minimum absolute atomic E-state index is 0.664. The third kappa shape index (κ3) is 3.46. The molecule has 3 N–H and O–H groups in total. The molecule has 2 atom stereocenters. The number of carbonyl (C=O) groups is 2. The Morgan fingerprint density at radius 2 is 1.83 bits per heavy atom. The van der Waals surface area contributed by atoms with Crippen molar-refractivity contribution in [1.82, 2.24) is 5.32 Å². The quantitative estimate of drug-likeness (QED) is 0.802. The Labute approximate surface area is 105 Å². The molecule has 1 rings (SSSR count). The summed E-state index contributed by atoms with van der Waals surface area (Å²) in [6, 6.07) is 8.01. The first-order valence-corrected chi connectivity index (χ1v) is 5.31. The summed E-state index contributed by atoms with van der Waals surface area (Å²) in [5, 5.41) is 2.35. The Morgan fingerprint density at radius 3 is 2.28 bits per heavy atom. The van der Waals surface area contributed by atoms with Crippen molar-refractivity contribution in [3.8, 4) is 0 Å². The number of methoxy groups -OCH3 is 2. The number of carbonyl (C=O) groups excluding carboxylic acids is 2. The molecule has 0 heterocycles. The number of alkyl carbamates (subject to hydrolysis) is 1. The molecular weight excluding hydrogens is 236 g/mol. The molecule has 0 aliphatic heterocycles. The van der Waals surface area contributed by atoms with Crippen LogP contribution in [0.2, 0.25) is 0 Å². The maximum atomic E-state index is 11.4. The molecule has 0 aromatic heterocycles. The van der Waals surface area contributed by atoms with E-state index in [4.69, 9.17) is 10.5 Å². The summed E-state index contributed by atoms with van der Waals surface area (Å²) >= 11 is 0. The second-order valence-corrected chi connectivity index (χ2v) is 3.58. The van der Waals surface area contributed by atoms with Crippen molar-refractivity contribution >= 4 is 12.0 Å². The van der Waals surface area contributed by atoms with Crippen LogP contribution in [0.3, 0.4) is 0 Å². The predicted octanol–water partition coefficient (Wildman–Crippen LogP) is 0.584. The van der Waals surface area contributed by atoms with Crippen LogP contribution in [0, 0.1) is 0 Å². The van der Waals surface area contributed by atoms with Crippen LogP contribution >= 0.6 is 0 Å². The normalized spacial score (nSPS) is 13.4. The van der Waals surface area contributed by atoms with Crippen LogP contribution in [0.4, 0.5) is 4.79 Å². The number of rotatable bonds is 5. The highest BCUT2D eigenvalue weighted by molar-refractivity contribution is 5.85. The van der Waals surface area contributed by atoms with Gasteiger partial charge < -0.3 is 20.5 Å². The molecule has 0 bridgehead atoms. The number of benzene rings is 1. The fraction of sp³-hybridized carbons (Fsp3) is 0.333. The monoisotopic (exact) mass is 252 g/mol. The van der Waals surface area contributed by atoms with Crippen molar-refractivity contribution in [3.63, 3.8) is 0 Å². The Kier molecular flexibility index (Phi) is 5.13. The van der Waals surface area contributed by atoms with Gasteiger partial charge >= 0.3 is 6.09 Å². The van der Waals surface area contributed by atoms with Crippen molar-refractivity contribution in [2.45, 2.75) is 12.1 Å². The molecule has 0 fully saturated rings. The van der Waals surface area contributed by atoms with Crippen molar-refractivity contribution < 1.29 is 19.1 Å². The van der Waals surface area contributed by atoms with E-state index < -0.39 is 24.1 Å². The molecule has 6 heteroatoms. The molecule has 0 radical (unpaired) electrons. The molecule has 2 unspecified atom stereocenters. The van der Waals surface area contributed by atoms with Gasteiger partial charge in [-0.2, -0.15) is 0 Å². The maximum Gasteiger partial charge on any atom is 0.407 e. The second kappa shape index (κ2) is 6.61. The van der Waals surface area contributed by atoms with Gasteiger partial charge in [-0.05, 0) is 5.56 Å². The number of ether oxygens (including phenoxy) is 2. The number of hydrogen-bond donors (Lipinski definition) is 2. The average molecular weight is 252 g/mol. The number of primary amides is 1. The number of nitrogens with two attached hydrogens (primary N) is 1. The number of hydrogen-bond acceptors (Lipinski definition) is 4. The standard InChI is InChI=1S/C12H16N2O4/c1-17-10(8-6-4-3-5-7-8)9(11(13)15)14-12(16)18-2/h3-7,9-10H,1-2H3,(H2,13,15)(H,14,16). The van der Waals surface area contributed by atoms with E-state index in [0.29, 0.717) is 0 Å². The third-order valence-electron chi connectivity index (χ3n) is 2.45. The molecule has 6 nitrogen and oxygen atoms in total. The fourth-order valence-corrected chi connectivity index (χ4v) is 1.59. The summed E-state index contributed by atoms with van der Waals surface area (Å²) in [5.41, 5.74) is 6.00. The summed E-state index contributed by atoms with van der Waals surface area (Å²) in [5.74, 6) is -0.698. The summed E-state index contributed by atoms with van der Waals surface area (Å²) in [7, 11) is 2.64. The van der Waals surface area contributed by atoms with E-state index in [2.05, 4.69) is 10.1 Å². The highest BCUT2D eigenvalue weighted by atomic mass is 16.5. The molecule has 0 aliphatic carbocycles. The maximum absolute atomic E-state index is 11.4. The lowest BCUT2D eigenvalue weighted by molar-refractivity contribution is -0.123. The second-order valence-electron chi connectivity index (χ2n) is 3.58. The highest BCUT2D eigenvalue weighted by Gasteiger charge is 2.29. The van der Waals surface area contributed by atoms with Gasteiger partial charge in [0.25, 0.3) is 0 Å². The molecule has 0 saturated heterocycles. The van der Waals surface area contributed by atoms with Crippen LogP contribution in [0.1, 0.15) is 11.7 Å². The average Bonchev–Trinajstić information content (AvgIpc) is 2.39. The summed E-state index contributed by atoms with van der Waals surface area (Å²) in [4.78, 5) is 22.6. The lowest BCUT2D eigenvalue weighted by Crippen LogP contribution is -2.48. The molecular formula is C12H16N2O4. The first kappa shape index (κ1) is 14.0. The Balaban J connectivity index is 2.95. The molecule has 98 valence electrons. The SMILES string of the molecule is COC(=O)NC(C(N)=O)C(OC)c1ccccc1. The molecule has 0 aliphatic rings. The van der Waals surface area contributed by atoms with Crippen LogP contribution in [0.25, 0.3) is 0 Å². The summed E-state index contributed by atoms with van der Waals surface area (Å²) in [6.45, 7) is 0. The minimum atomic E-state index is -0.996. The molecule has 1 aromatic carbocycles. The lowest BCUT2D eigenvalue weighted by atomic mass is 10.0. The fourth-order valence-electron chi connectivity index (χ4n) is 1.59. The molecule has 0 spiro atoms. The summed E-state index contributed by atoms with van der Waals surface area (Å²) in [6.07, 6.45) is -1.40. The van der Waals surface area contributed by atoms with Gasteiger partial charge in [-0.1, -0.05) is 30.3 Å². The number of amides is 2. The largest absolute Gasteiger partial charge is 0.453 e. The van der Waals surface area contributed by atoms with Gasteiger partial charge in [-0.3, -0.25) is 4.79 Å². The van der Waals surface area contributed by atoms with Crippen LogP contribution in [-0.4, -0.2) is 32.3 Å².